The summed E-state index contributed by atoms with van der Waals surface area (Å²) in [6, 6.07) is 193. The molecule has 668 valence electrons. The maximum Gasteiger partial charge on any atom is 0.125 e. The minimum Gasteiger partial charge on any atom is -0.311 e. The molecule has 0 unspecified atom stereocenters. The fourth-order valence-corrected chi connectivity index (χ4v) is 25.1. The fraction of sp³-hybridized carbons (Fsp3) is 0. The molecule has 0 amide bonds. The zero-order valence-corrected chi connectivity index (χ0v) is 79.4. The van der Waals surface area contributed by atoms with Crippen molar-refractivity contribution in [3.8, 4) is 0 Å². The van der Waals surface area contributed by atoms with Crippen molar-refractivity contribution in [3.63, 3.8) is 0 Å². The van der Waals surface area contributed by atoms with Gasteiger partial charge in [-0.3, -0.25) is 0 Å². The van der Waals surface area contributed by atoms with E-state index in [0.29, 0.717) is 0 Å². The van der Waals surface area contributed by atoms with Crippen LogP contribution in [0.25, 0.3) is 142 Å². The van der Waals surface area contributed by atoms with E-state index in [2.05, 4.69) is 539 Å². The molecule has 23 aromatic rings. The van der Waals surface area contributed by atoms with E-state index in [1.807, 2.05) is 0 Å². The highest BCUT2D eigenvalue weighted by Gasteiger charge is 2.43. The maximum atomic E-state index is 5.06. The molecule has 0 N–H and O–H groups in total. The molecule has 8 aliphatic rings. The maximum absolute atomic E-state index is 5.06. The Bertz CT molecular complexity index is 9340. The van der Waals surface area contributed by atoms with Gasteiger partial charge in [0.2, 0.25) is 0 Å². The number of nitrogens with zero attached hydrogens (tertiary/aromatic N) is 2. The highest BCUT2D eigenvalue weighted by atomic mass is 32.1. The van der Waals surface area contributed by atoms with Gasteiger partial charge in [0.15, 0.2) is 0 Å². The summed E-state index contributed by atoms with van der Waals surface area (Å²) in [5, 5.41) is 11.4. The Kier molecular flexibility index (Phi) is 20.2. The molecule has 3 heteroatoms. The molecular weight excluding hydrogens is 1750 g/mol. The van der Waals surface area contributed by atoms with Gasteiger partial charge in [-0.15, -0.1) is 11.3 Å². The Morgan fingerprint density at radius 3 is 0.722 bits per heavy atom. The van der Waals surface area contributed by atoms with Crippen LogP contribution in [-0.2, 0) is 0 Å². The molecule has 0 bridgehead atoms. The van der Waals surface area contributed by atoms with Crippen LogP contribution in [0.4, 0.5) is 17.1 Å². The largest absolute Gasteiger partial charge is 0.311 e. The number of thiazole rings is 1. The molecule has 144 heavy (non-hydrogen) atoms. The molecule has 2 nitrogen and oxygen atoms in total. The van der Waals surface area contributed by atoms with E-state index in [1.165, 1.54) is 265 Å². The Balaban J connectivity index is 0.0000000937. The molecule has 1 heterocycles. The number of benzene rings is 22. The molecule has 0 aliphatic heterocycles. The van der Waals surface area contributed by atoms with Gasteiger partial charge >= 0.3 is 0 Å². The van der Waals surface area contributed by atoms with Crippen LogP contribution in [0.2, 0.25) is 0 Å². The lowest BCUT2D eigenvalue weighted by Crippen LogP contribution is -2.09. The van der Waals surface area contributed by atoms with Crippen molar-refractivity contribution in [2.24, 2.45) is 0 Å². The standard InChI is InChI=1S/C40H27N.2C36H22.C29H17NS/c1-4-14-28(15-5-1)37-33-20-10-12-22-35(33)40-38(34-21-11-13-23-36(34)39(37)40)29-24-26-32(27-25-29)41(30-16-6-2-7-17-30)31-18-8-3-9-19-31;1-3-15-25-23(11-1)13-9-21-27(25)33-29-17-5-7-19-31(29)36-34(30-18-6-8-20-32(30)35(33)36)28-22-10-14-24-12-2-4-16-26(24)28;1-2-12-25-22-26(21-20-23(25)10-1)33-29-15-5-7-17-31(29)36-34(30-16-6-8-18-32(30)35(33)36)28-19-9-13-24-11-3-4-14-27(24)28;1-2-10-18(11-3-1)25-19-12-4-5-13-20(19)27-26(25)21-14-6-7-15-22(21)28(27)29-30-23-16-8-9-17-24(23)31-29/h1-27H;2*1-22H;1-17H. The number of aromatic nitrogens is 1. The molecule has 0 atom stereocenters. The highest BCUT2D eigenvalue weighted by Crippen LogP contribution is 2.65. The third kappa shape index (κ3) is 13.6. The molecule has 0 fully saturated rings. The highest BCUT2D eigenvalue weighted by molar-refractivity contribution is 7.19. The summed E-state index contributed by atoms with van der Waals surface area (Å²) in [4.78, 5) is 7.38. The molecular formula is C141H88N2S. The van der Waals surface area contributed by atoms with Crippen molar-refractivity contribution in [1.29, 1.82) is 0 Å². The zero-order valence-electron chi connectivity index (χ0n) is 78.6. The van der Waals surface area contributed by atoms with E-state index in [9.17, 15) is 0 Å². The Labute approximate surface area is 841 Å². The van der Waals surface area contributed by atoms with Crippen molar-refractivity contribution in [3.05, 3.63) is 667 Å². The summed E-state index contributed by atoms with van der Waals surface area (Å²) < 4.78 is 1.23. The van der Waals surface area contributed by atoms with Crippen molar-refractivity contribution in [1.82, 2.24) is 4.98 Å². The first-order valence-electron chi connectivity index (χ1n) is 49.7. The van der Waals surface area contributed by atoms with E-state index in [4.69, 9.17) is 4.98 Å². The Morgan fingerprint density at radius 2 is 0.368 bits per heavy atom. The summed E-state index contributed by atoms with van der Waals surface area (Å²) >= 11 is 1.79. The normalized spacial score (nSPS) is 13.8. The molecule has 0 radical (unpaired) electrons. The molecule has 0 spiro atoms. The average Bonchev–Trinajstić information content (AvgIpc) is 1.55. The van der Waals surface area contributed by atoms with E-state index in [1.54, 1.807) is 11.3 Å². The second-order valence-corrected chi connectivity index (χ2v) is 38.8. The first-order chi connectivity index (χ1) is 71.6. The van der Waals surface area contributed by atoms with Gasteiger partial charge in [0.05, 0.1) is 10.2 Å². The van der Waals surface area contributed by atoms with Crippen LogP contribution >= 0.6 is 11.3 Å². The third-order valence-corrected chi connectivity index (χ3v) is 31.1. The number of para-hydroxylation sites is 3. The number of anilines is 3. The minimum absolute atomic E-state index is 1.07. The zero-order chi connectivity index (χ0) is 94.8. The average molecular weight is 1840 g/mol. The second kappa shape index (κ2) is 34.8. The predicted octanol–water partition coefficient (Wildman–Crippen LogP) is 36.4. The van der Waals surface area contributed by atoms with Crippen molar-refractivity contribution >= 4 is 171 Å². The topological polar surface area (TPSA) is 16.1 Å². The number of allylic oxidation sites excluding steroid dienone is 8. The lowest BCUT2D eigenvalue weighted by atomic mass is 9.89. The van der Waals surface area contributed by atoms with Gasteiger partial charge in [0, 0.05) is 28.2 Å². The van der Waals surface area contributed by atoms with Gasteiger partial charge < -0.3 is 4.90 Å². The van der Waals surface area contributed by atoms with Crippen LogP contribution in [0.5, 0.6) is 0 Å². The van der Waals surface area contributed by atoms with Gasteiger partial charge in [-0.2, -0.15) is 0 Å². The summed E-state index contributed by atoms with van der Waals surface area (Å²) in [6.45, 7) is 0. The van der Waals surface area contributed by atoms with Gasteiger partial charge in [-0.1, -0.05) is 479 Å². The van der Waals surface area contributed by atoms with E-state index in [-0.39, 0.29) is 0 Å². The number of rotatable bonds is 11. The fourth-order valence-electron chi connectivity index (χ4n) is 24.1. The van der Waals surface area contributed by atoms with Gasteiger partial charge in [0.25, 0.3) is 0 Å². The summed E-state index contributed by atoms with van der Waals surface area (Å²) in [7, 11) is 0. The molecule has 22 aromatic carbocycles. The van der Waals surface area contributed by atoms with Crippen LogP contribution in [-0.4, -0.2) is 4.98 Å². The van der Waals surface area contributed by atoms with Crippen LogP contribution < -0.4 is 4.90 Å². The lowest BCUT2D eigenvalue weighted by Gasteiger charge is -2.25. The summed E-state index contributed by atoms with van der Waals surface area (Å²) in [5.74, 6) is 0. The predicted molar refractivity (Wildman–Crippen MR) is 608 cm³/mol. The lowest BCUT2D eigenvalue weighted by molar-refractivity contribution is 1.28. The number of fused-ring (bicyclic) bond motifs is 25. The first kappa shape index (κ1) is 83.6. The quantitative estimate of drug-likeness (QED) is 0.128. The van der Waals surface area contributed by atoms with Crippen LogP contribution in [0.1, 0.15) is 133 Å². The van der Waals surface area contributed by atoms with E-state index >= 15 is 0 Å². The number of hydrogen-bond donors (Lipinski definition) is 0. The Hall–Kier alpha value is -18.5. The van der Waals surface area contributed by atoms with Gasteiger partial charge in [0.1, 0.15) is 5.01 Å². The molecule has 8 aliphatic carbocycles. The molecule has 0 saturated heterocycles. The smallest absolute Gasteiger partial charge is 0.125 e. The van der Waals surface area contributed by atoms with Crippen molar-refractivity contribution < 1.29 is 0 Å². The van der Waals surface area contributed by atoms with Crippen LogP contribution in [0, 0.1) is 0 Å². The van der Waals surface area contributed by atoms with E-state index in [0.717, 1.165) is 27.6 Å². The van der Waals surface area contributed by atoms with Crippen LogP contribution in [0.3, 0.4) is 0 Å². The van der Waals surface area contributed by atoms with Crippen molar-refractivity contribution in [2.75, 3.05) is 4.90 Å². The summed E-state index contributed by atoms with van der Waals surface area (Å²) in [6.07, 6.45) is 0. The van der Waals surface area contributed by atoms with Gasteiger partial charge in [-0.25, -0.2) is 4.98 Å². The van der Waals surface area contributed by atoms with Crippen LogP contribution in [0.15, 0.2) is 534 Å². The molecule has 1 aromatic heterocycles. The molecule has 31 rings (SSSR count). The Morgan fingerprint density at radius 1 is 0.139 bits per heavy atom. The SMILES string of the molecule is c1ccc(C2=C3C(=C(c4ccc(N(c5ccccc5)c5ccccc5)cc4)c4ccccc43)c3ccccc32)cc1.c1ccc(C2=C3C(=C(c4nc5ccccc5s4)c4ccccc43)c3ccccc32)cc1.c1ccc2c(c1)C1=C(c3cccc4ccccc34)c3ccccc3C1=C2c1ccc2ccccc2c1.c1ccc2c(c1)C1=C(c3cccc4ccccc34)c3ccccc3C1=C2c1cccc2ccccc12. The number of hydrogen-bond acceptors (Lipinski definition) is 3. The molecule has 0 saturated carbocycles. The first-order valence-corrected chi connectivity index (χ1v) is 50.5. The third-order valence-electron chi connectivity index (χ3n) is 30.0. The van der Waals surface area contributed by atoms with Gasteiger partial charge in [-0.05, 0) is 304 Å². The van der Waals surface area contributed by atoms with E-state index < -0.39 is 0 Å². The minimum atomic E-state index is 1.07. The second-order valence-electron chi connectivity index (χ2n) is 37.8. The monoisotopic (exact) mass is 1840 g/mol. The van der Waals surface area contributed by atoms with Crippen molar-refractivity contribution in [2.45, 2.75) is 0 Å². The summed E-state index contributed by atoms with van der Waals surface area (Å²) in [5.41, 5.74) is 56.0.